The van der Waals surface area contributed by atoms with E-state index in [1.165, 1.54) is 20.8 Å². The van der Waals surface area contributed by atoms with Crippen molar-refractivity contribution in [1.82, 2.24) is 42.1 Å². The molecule has 8 aliphatic rings. The zero-order valence-electron chi connectivity index (χ0n) is 77.4. The van der Waals surface area contributed by atoms with Gasteiger partial charge in [-0.3, -0.25) is 52.4 Å². The van der Waals surface area contributed by atoms with Crippen LogP contribution in [0.15, 0.2) is 121 Å². The van der Waals surface area contributed by atoms with E-state index in [2.05, 4.69) is 37.2 Å². The smallest absolute Gasteiger partial charge is 0.413 e. The fourth-order valence-electron chi connectivity index (χ4n) is 17.5. The number of ether oxygens (including phenoxy) is 10. The number of phenols is 3. The van der Waals surface area contributed by atoms with Crippen LogP contribution in [0.2, 0.25) is 20.1 Å². The molecule has 52 heteroatoms. The number of aliphatic hydroxyl groups is 6. The van der Waals surface area contributed by atoms with Crippen LogP contribution in [-0.4, -0.2) is 264 Å². The quantitative estimate of drug-likeness (QED) is 0.0193. The number of aliphatic carboxylic acids is 1. The highest BCUT2D eigenvalue weighted by molar-refractivity contribution is 7.70. The number of rotatable bonds is 26. The number of fused-ring (bicyclic) bond motifs is 15. The molecular weight excluding hydrogens is 2020 g/mol. The van der Waals surface area contributed by atoms with Crippen LogP contribution in [0.25, 0.3) is 22.3 Å². The fourth-order valence-corrected chi connectivity index (χ4v) is 20.9. The third-order valence-electron chi connectivity index (χ3n) is 25.2. The number of carbonyl (C=O) groups is 10. The van der Waals surface area contributed by atoms with Crippen LogP contribution >= 0.6 is 61.6 Å². The van der Waals surface area contributed by atoms with Crippen LogP contribution in [-0.2, 0) is 92.0 Å². The number of hydrogen-bond acceptors (Lipinski definition) is 33. The number of carboxylic acids is 1. The molecule has 8 heterocycles. The number of nitrogens with two attached hydrogens (primary N) is 2. The highest BCUT2D eigenvalue weighted by atomic mass is 35.5. The number of carboxylic acid groups (broad SMARTS) is 1. The van der Waals surface area contributed by atoms with Crippen LogP contribution < -0.4 is 62.9 Å². The number of halogens is 4. The van der Waals surface area contributed by atoms with Crippen molar-refractivity contribution in [3.05, 3.63) is 175 Å². The van der Waals surface area contributed by atoms with E-state index in [9.17, 15) is 98.9 Å². The predicted octanol–water partition coefficient (Wildman–Crippen LogP) is 4.96. The molecule has 11 bridgehead atoms. The molecule has 8 amide bonds. The first-order valence-corrected chi connectivity index (χ1v) is 49.5. The maximum Gasteiger partial charge on any atom is 0.413 e. The molecule has 22 atom stereocenters. The van der Waals surface area contributed by atoms with E-state index in [0.29, 0.717) is 9.92 Å². The number of aliphatic hydroxyl groups excluding tert-OH is 6. The zero-order chi connectivity index (χ0) is 105. The number of hydrogen-bond donors (Lipinski definition) is 23. The lowest BCUT2D eigenvalue weighted by Crippen LogP contribution is -2.65. The minimum atomic E-state index is -5.51. The zero-order valence-corrected chi connectivity index (χ0v) is 82.2. The molecule has 0 aromatic heterocycles. The van der Waals surface area contributed by atoms with Crippen molar-refractivity contribution in [2.24, 2.45) is 17.4 Å². The average Bonchev–Trinajstić information content (AvgIpc) is 0.761. The average molecular weight is 2130 g/mol. The Kier molecular flexibility index (Phi) is 34.4. The maximum atomic E-state index is 16.8. The summed E-state index contributed by atoms with van der Waals surface area (Å²) in [6.07, 6.45) is -28.9. The number of nitrogens with zero attached hydrogens (tertiary/aromatic N) is 1. The molecule has 0 saturated carbocycles. The number of esters is 1. The summed E-state index contributed by atoms with van der Waals surface area (Å²) in [5.74, 6) is -20.6. The monoisotopic (exact) mass is 2130 g/mol. The lowest BCUT2D eigenvalue weighted by molar-refractivity contribution is -0.334. The van der Waals surface area contributed by atoms with Gasteiger partial charge in [-0.15, -0.1) is 0 Å². The maximum absolute atomic E-state index is 16.8. The molecule has 25 N–H and O–H groups in total. The molecule has 0 radical (unpaired) electrons. The number of nitrogens with one attached hydrogen (secondary N) is 7. The molecule has 46 nitrogen and oxygen atoms in total. The molecule has 7 aromatic rings. The summed E-state index contributed by atoms with van der Waals surface area (Å²) in [5.41, 5.74) is 8.46. The summed E-state index contributed by atoms with van der Waals surface area (Å²) in [7, 11) is -10.0. The second kappa shape index (κ2) is 45.0. The first-order chi connectivity index (χ1) is 67.6. The summed E-state index contributed by atoms with van der Waals surface area (Å²) in [6, 6.07) is 9.79. The van der Waals surface area contributed by atoms with Gasteiger partial charge >= 0.3 is 33.2 Å². The SMILES string of the molecule is CC(C)C[C@H](C(=O)N[C@H]1C(=O)N[C@@H](CC(N)=O)C(=O)N[C@H]2C(=O)N[C@H]3C(=O)N[C@H](C(=O)N[C@H](C(=O)O)c4cc(O)cc(O)c4-c4cc3ccc4O)[C@H](O[C@H]3C[C@](C)(N)[C@@H](O)[C@H](C)O3)c3cc(Cl)c(c(Cl)c3)Oc3cc2cc(c3O[C@H]2O[C@@H](CO)[C@@H](O)[C@H](O)[C@H]2O[C@@H]2C[C@@](C)(NCc3ccc(-c4ccc(Cl)cc4)cc3)[C@@H](O)[C@@H](C)O2)Oc2ccc(cc2Cl)[C@H]1O)N(C)C(=O)OCOC(=O)CCC(P(=O)(O)O)P(=O)(O)O. The molecule has 778 valence electrons. The van der Waals surface area contributed by atoms with Gasteiger partial charge in [0.15, 0.2) is 47.4 Å². The summed E-state index contributed by atoms with van der Waals surface area (Å²) in [4.78, 5) is 189. The molecule has 8 aliphatic heterocycles. The van der Waals surface area contributed by atoms with Crippen molar-refractivity contribution in [2.45, 2.75) is 225 Å². The fraction of sp³-hybridized carbons (Fsp3) is 0.435. The number of benzene rings is 7. The van der Waals surface area contributed by atoms with Crippen LogP contribution in [0.3, 0.4) is 0 Å². The number of amides is 8. The summed E-state index contributed by atoms with van der Waals surface area (Å²) >= 11 is 28.4. The number of carbonyl (C=O) groups excluding carboxylic acids is 9. The number of likely N-dealkylation sites (N-methyl/N-ethyl adjacent to an activating group) is 1. The Hall–Kier alpha value is -11.2. The molecule has 0 unspecified atom stereocenters. The van der Waals surface area contributed by atoms with Crippen molar-refractivity contribution in [1.29, 1.82) is 0 Å². The van der Waals surface area contributed by atoms with Gasteiger partial charge in [0, 0.05) is 71.7 Å². The number of primary amides is 1. The largest absolute Gasteiger partial charge is 0.508 e. The third kappa shape index (κ3) is 25.2. The topological polar surface area (TPSA) is 720 Å². The Bertz CT molecular complexity index is 6110. The second-order valence-corrected chi connectivity index (χ2v) is 42.0. The van der Waals surface area contributed by atoms with Gasteiger partial charge in [0.1, 0.15) is 89.8 Å². The molecule has 3 fully saturated rings. The van der Waals surface area contributed by atoms with Crippen LogP contribution in [0.1, 0.15) is 144 Å². The third-order valence-corrected chi connectivity index (χ3v) is 30.1. The van der Waals surface area contributed by atoms with Gasteiger partial charge < -0.3 is 167 Å². The molecule has 144 heavy (non-hydrogen) atoms. The van der Waals surface area contributed by atoms with Crippen molar-refractivity contribution < 1.29 is 175 Å². The van der Waals surface area contributed by atoms with Crippen molar-refractivity contribution in [3.63, 3.8) is 0 Å². The number of phenolic OH excluding ortho intramolecular Hbond substituents is 3. The Labute approximate surface area is 839 Å². The highest BCUT2D eigenvalue weighted by Gasteiger charge is 2.54. The van der Waals surface area contributed by atoms with Crippen LogP contribution in [0.4, 0.5) is 4.79 Å². The summed E-state index contributed by atoms with van der Waals surface area (Å²) in [6.45, 7) is 6.93. The van der Waals surface area contributed by atoms with Gasteiger partial charge in [0.25, 0.3) is 0 Å². The van der Waals surface area contributed by atoms with Gasteiger partial charge in [-0.05, 0) is 152 Å². The Morgan fingerprint density at radius 1 is 0.639 bits per heavy atom. The molecule has 7 aromatic carbocycles. The lowest BCUT2D eigenvalue weighted by Gasteiger charge is -2.48. The van der Waals surface area contributed by atoms with Gasteiger partial charge in [0.2, 0.25) is 60.2 Å². The Morgan fingerprint density at radius 3 is 1.85 bits per heavy atom. The lowest BCUT2D eigenvalue weighted by atomic mass is 9.84. The van der Waals surface area contributed by atoms with Gasteiger partial charge in [0.05, 0.1) is 52.5 Å². The van der Waals surface area contributed by atoms with E-state index in [1.54, 1.807) is 32.9 Å². The second-order valence-electron chi connectivity index (χ2n) is 36.4. The standard InChI is InChI=1S/C92H106Cl4N10O36P2/c1-37(2)22-55(106(7)90(126)134-36-133-63(112)20-21-66(143(127,128)129)144(130,131)132)83(119)104-71-73(113)44-15-19-58(51(94)24-44)137-59-27-45-28-60(78(59)142-89-79(75(115)74(114)61(35-107)139-89)141-65-33-92(6,81(117)39(4)136-65)99-34-40-8-10-41(11-9-40)42-12-16-47(93)17-13-42)138-77-52(95)25-46(26-53(77)96)76(140-64-32-91(5,98)80(116)38(3)135-64)72-87(123)103-70(88(124)125)50-29-48(108)30-57(110)67(50)49-23-43(14-18-56(49)109)68(84(120)105-72)102-85(121)69(45)101-82(118)54(31-62(97)111)100-86(71)122/h8-19,23-30,37-39,54-55,61,64-66,68-76,79-81,89,99,107-110,113-117H,20-22,31-36,98H2,1-7H3,(H2,97,111)(H,100,122)(H,101,118)(H,102,121)(H,103,123)(H,104,119)(H,105,120)(H,124,125)(H2,127,128,129)(H2,130,131,132)/t38-,39+,54-,55+,61-,64-,65+,68+,69+,70-,71+,72-,73+,74+,75-,76+,79+,80-,81-,89+,91-,92+/m0/s1. The van der Waals surface area contributed by atoms with Crippen LogP contribution in [0.5, 0.6) is 46.0 Å². The van der Waals surface area contributed by atoms with Crippen molar-refractivity contribution in [2.75, 3.05) is 20.4 Å². The van der Waals surface area contributed by atoms with Crippen molar-refractivity contribution >= 4 is 121 Å². The van der Waals surface area contributed by atoms with Crippen LogP contribution in [0, 0.1) is 5.92 Å². The van der Waals surface area contributed by atoms with E-state index < -0.39 is 353 Å². The van der Waals surface area contributed by atoms with E-state index in [0.717, 1.165) is 96.5 Å². The van der Waals surface area contributed by atoms with Gasteiger partial charge in [-0.1, -0.05) is 109 Å². The molecule has 0 spiro atoms. The minimum Gasteiger partial charge on any atom is -0.508 e. The first-order valence-electron chi connectivity index (χ1n) is 44.6. The summed E-state index contributed by atoms with van der Waals surface area (Å²) < 4.78 is 86.6. The molecular formula is C92H106Cl4N10O36P2. The number of aromatic hydroxyl groups is 3. The summed E-state index contributed by atoms with van der Waals surface area (Å²) in [5, 5.41) is 132. The Balaban J connectivity index is 0.986. The van der Waals surface area contributed by atoms with Crippen molar-refractivity contribution in [3.8, 4) is 68.2 Å². The predicted molar refractivity (Wildman–Crippen MR) is 504 cm³/mol. The molecule has 15 rings (SSSR count). The van der Waals surface area contributed by atoms with E-state index in [1.807, 2.05) is 36.4 Å². The highest BCUT2D eigenvalue weighted by Crippen LogP contribution is 2.62. The molecule has 3 saturated heterocycles. The normalized spacial score (nSPS) is 27.6. The van der Waals surface area contributed by atoms with E-state index in [-0.39, 0.29) is 24.9 Å². The Morgan fingerprint density at radius 2 is 1.24 bits per heavy atom. The van der Waals surface area contributed by atoms with Gasteiger partial charge in [-0.25, -0.2) is 9.59 Å². The van der Waals surface area contributed by atoms with E-state index in [4.69, 9.17) is 105 Å². The molecule has 0 aliphatic carbocycles. The van der Waals surface area contributed by atoms with Gasteiger partial charge in [-0.2, -0.15) is 0 Å². The van der Waals surface area contributed by atoms with E-state index >= 15 is 28.8 Å². The first kappa shape index (κ1) is 110. The minimum absolute atomic E-state index is 0.134.